The van der Waals surface area contributed by atoms with Crippen LogP contribution in [-0.2, 0) is 11.3 Å². The Bertz CT molecular complexity index is 332. The van der Waals surface area contributed by atoms with Gasteiger partial charge in [-0.3, -0.25) is 4.79 Å². The number of aromatic nitrogens is 2. The summed E-state index contributed by atoms with van der Waals surface area (Å²) in [4.78, 5) is 18.5. The van der Waals surface area contributed by atoms with Crippen LogP contribution in [0.5, 0.6) is 0 Å². The van der Waals surface area contributed by atoms with E-state index in [1.54, 1.807) is 6.20 Å². The fourth-order valence-electron chi connectivity index (χ4n) is 1.38. The summed E-state index contributed by atoms with van der Waals surface area (Å²) in [5.74, 6) is 0.998. The normalized spacial score (nSPS) is 10.8. The second-order valence-corrected chi connectivity index (χ2v) is 4.14. The van der Waals surface area contributed by atoms with Gasteiger partial charge in [0.05, 0.1) is 0 Å². The number of amides is 1. The van der Waals surface area contributed by atoms with Gasteiger partial charge in [-0.25, -0.2) is 4.98 Å². The largest absolute Gasteiger partial charge is 0.354 e. The van der Waals surface area contributed by atoms with Crippen LogP contribution in [0, 0.1) is 6.92 Å². The molecule has 1 rings (SSSR count). The maximum Gasteiger partial charge on any atom is 0.221 e. The van der Waals surface area contributed by atoms with E-state index in [0.29, 0.717) is 13.0 Å². The number of nitrogens with one attached hydrogen (secondary N) is 3. The first-order valence-corrected chi connectivity index (χ1v) is 5.58. The fraction of sp³-hybridized carbons (Fsp3) is 0.636. The third kappa shape index (κ3) is 4.93. The Balaban J connectivity index is 2.10. The number of H-pyrrole nitrogens is 1. The Morgan fingerprint density at radius 3 is 2.88 bits per heavy atom. The van der Waals surface area contributed by atoms with Crippen molar-refractivity contribution in [3.8, 4) is 0 Å². The predicted octanol–water partition coefficient (Wildman–Crippen LogP) is 0.722. The monoisotopic (exact) mass is 224 g/mol. The van der Waals surface area contributed by atoms with Crippen LogP contribution in [0.3, 0.4) is 0 Å². The van der Waals surface area contributed by atoms with Gasteiger partial charge >= 0.3 is 0 Å². The molecule has 0 aliphatic rings. The van der Waals surface area contributed by atoms with Crippen molar-refractivity contribution in [2.24, 2.45) is 0 Å². The number of carbonyl (C=O) groups excluding carboxylic acids is 1. The summed E-state index contributed by atoms with van der Waals surface area (Å²) < 4.78 is 0. The lowest BCUT2D eigenvalue weighted by Crippen LogP contribution is -2.32. The lowest BCUT2D eigenvalue weighted by molar-refractivity contribution is -0.121. The minimum atomic E-state index is 0.0864. The topological polar surface area (TPSA) is 69.8 Å². The van der Waals surface area contributed by atoms with Gasteiger partial charge in [0.1, 0.15) is 5.82 Å². The first kappa shape index (κ1) is 12.7. The molecule has 90 valence electrons. The summed E-state index contributed by atoms with van der Waals surface area (Å²) in [5, 5.41) is 6.03. The van der Waals surface area contributed by atoms with Gasteiger partial charge in [0.15, 0.2) is 0 Å². The molecule has 1 amide bonds. The number of imidazole rings is 1. The molecule has 1 aromatic rings. The lowest BCUT2D eigenvalue weighted by atomic mass is 10.3. The highest BCUT2D eigenvalue weighted by Gasteiger charge is 2.02. The van der Waals surface area contributed by atoms with E-state index in [1.807, 2.05) is 20.8 Å². The zero-order valence-electron chi connectivity index (χ0n) is 10.1. The number of hydrogen-bond acceptors (Lipinski definition) is 3. The average Bonchev–Trinajstić information content (AvgIpc) is 2.58. The van der Waals surface area contributed by atoms with Gasteiger partial charge in [-0.15, -0.1) is 0 Å². The number of aromatic amines is 1. The summed E-state index contributed by atoms with van der Waals surface area (Å²) in [6.45, 7) is 7.23. The smallest absolute Gasteiger partial charge is 0.221 e. The standard InChI is InChI=1S/C11H20N4O/c1-8(2)14-11(16)4-5-12-6-10-7-13-9(3)15-10/h7-8,12H,4-6H2,1-3H3,(H,13,15)(H,14,16). The second-order valence-electron chi connectivity index (χ2n) is 4.14. The SMILES string of the molecule is Cc1ncc(CNCCC(=O)NC(C)C)[nH]1. The maximum atomic E-state index is 11.3. The van der Waals surface area contributed by atoms with Crippen LogP contribution in [0.2, 0.25) is 0 Å². The molecule has 0 saturated heterocycles. The lowest BCUT2D eigenvalue weighted by Gasteiger charge is -2.08. The average molecular weight is 224 g/mol. The summed E-state index contributed by atoms with van der Waals surface area (Å²) in [6.07, 6.45) is 2.31. The first-order chi connectivity index (χ1) is 7.58. The van der Waals surface area contributed by atoms with E-state index in [9.17, 15) is 4.79 Å². The minimum Gasteiger partial charge on any atom is -0.354 e. The van der Waals surface area contributed by atoms with E-state index in [2.05, 4.69) is 20.6 Å². The van der Waals surface area contributed by atoms with Crippen molar-refractivity contribution in [3.63, 3.8) is 0 Å². The van der Waals surface area contributed by atoms with Crippen LogP contribution in [0.15, 0.2) is 6.20 Å². The number of nitrogens with zero attached hydrogens (tertiary/aromatic N) is 1. The molecule has 3 N–H and O–H groups in total. The van der Waals surface area contributed by atoms with E-state index in [0.717, 1.165) is 18.1 Å². The van der Waals surface area contributed by atoms with Crippen LogP contribution >= 0.6 is 0 Å². The molecule has 0 aliphatic carbocycles. The fourth-order valence-corrected chi connectivity index (χ4v) is 1.38. The zero-order chi connectivity index (χ0) is 12.0. The molecular formula is C11H20N4O. The van der Waals surface area contributed by atoms with Gasteiger partial charge in [-0.2, -0.15) is 0 Å². The third-order valence-electron chi connectivity index (χ3n) is 2.05. The van der Waals surface area contributed by atoms with Gasteiger partial charge in [0, 0.05) is 37.4 Å². The number of hydrogen-bond donors (Lipinski definition) is 3. The molecule has 0 unspecified atom stereocenters. The minimum absolute atomic E-state index is 0.0864. The van der Waals surface area contributed by atoms with Crippen LogP contribution < -0.4 is 10.6 Å². The Hall–Kier alpha value is -1.36. The Kier molecular flexibility index (Phi) is 4.98. The van der Waals surface area contributed by atoms with E-state index in [4.69, 9.17) is 0 Å². The van der Waals surface area contributed by atoms with Gasteiger partial charge in [-0.1, -0.05) is 0 Å². The van der Waals surface area contributed by atoms with Gasteiger partial charge < -0.3 is 15.6 Å². The van der Waals surface area contributed by atoms with E-state index < -0.39 is 0 Å². The molecule has 5 nitrogen and oxygen atoms in total. The van der Waals surface area contributed by atoms with Crippen LogP contribution in [0.1, 0.15) is 31.8 Å². The molecule has 1 aromatic heterocycles. The van der Waals surface area contributed by atoms with Crippen LogP contribution in [0.25, 0.3) is 0 Å². The van der Waals surface area contributed by atoms with E-state index in [-0.39, 0.29) is 11.9 Å². The van der Waals surface area contributed by atoms with Crippen molar-refractivity contribution in [3.05, 3.63) is 17.7 Å². The zero-order valence-corrected chi connectivity index (χ0v) is 10.1. The molecule has 1 heterocycles. The molecule has 0 radical (unpaired) electrons. The first-order valence-electron chi connectivity index (χ1n) is 5.58. The van der Waals surface area contributed by atoms with Gasteiger partial charge in [-0.05, 0) is 20.8 Å². The molecule has 5 heteroatoms. The van der Waals surface area contributed by atoms with Crippen molar-refractivity contribution < 1.29 is 4.79 Å². The Morgan fingerprint density at radius 1 is 1.56 bits per heavy atom. The van der Waals surface area contributed by atoms with Gasteiger partial charge in [0.2, 0.25) is 5.91 Å². The molecule has 16 heavy (non-hydrogen) atoms. The molecule has 0 aliphatic heterocycles. The Morgan fingerprint density at radius 2 is 2.31 bits per heavy atom. The van der Waals surface area contributed by atoms with Gasteiger partial charge in [0.25, 0.3) is 0 Å². The number of aryl methyl sites for hydroxylation is 1. The van der Waals surface area contributed by atoms with Crippen LogP contribution in [-0.4, -0.2) is 28.5 Å². The molecule has 0 bridgehead atoms. The van der Waals surface area contributed by atoms with Crippen molar-refractivity contribution in [2.45, 2.75) is 39.8 Å². The third-order valence-corrected chi connectivity index (χ3v) is 2.05. The molecular weight excluding hydrogens is 204 g/mol. The van der Waals surface area contributed by atoms with E-state index >= 15 is 0 Å². The van der Waals surface area contributed by atoms with Crippen molar-refractivity contribution in [1.82, 2.24) is 20.6 Å². The van der Waals surface area contributed by atoms with Crippen molar-refractivity contribution in [2.75, 3.05) is 6.54 Å². The summed E-state index contributed by atoms with van der Waals surface area (Å²) in [5.41, 5.74) is 1.04. The summed E-state index contributed by atoms with van der Waals surface area (Å²) in [6, 6.07) is 0.211. The summed E-state index contributed by atoms with van der Waals surface area (Å²) >= 11 is 0. The molecule has 0 atom stereocenters. The highest BCUT2D eigenvalue weighted by molar-refractivity contribution is 5.76. The molecule has 0 fully saturated rings. The maximum absolute atomic E-state index is 11.3. The second kappa shape index (κ2) is 6.27. The molecule has 0 saturated carbocycles. The molecule has 0 aromatic carbocycles. The highest BCUT2D eigenvalue weighted by atomic mass is 16.1. The van der Waals surface area contributed by atoms with Crippen LogP contribution in [0.4, 0.5) is 0 Å². The predicted molar refractivity (Wildman–Crippen MR) is 62.9 cm³/mol. The Labute approximate surface area is 96.0 Å². The van der Waals surface area contributed by atoms with Crippen molar-refractivity contribution in [1.29, 1.82) is 0 Å². The highest BCUT2D eigenvalue weighted by Crippen LogP contribution is 1.94. The summed E-state index contributed by atoms with van der Waals surface area (Å²) in [7, 11) is 0. The quantitative estimate of drug-likeness (QED) is 0.624. The van der Waals surface area contributed by atoms with E-state index in [1.165, 1.54) is 0 Å². The number of rotatable bonds is 6. The molecule has 0 spiro atoms. The van der Waals surface area contributed by atoms with Crippen molar-refractivity contribution >= 4 is 5.91 Å². The number of carbonyl (C=O) groups is 1.